The van der Waals surface area contributed by atoms with Gasteiger partial charge in [0.25, 0.3) is 0 Å². The van der Waals surface area contributed by atoms with E-state index in [2.05, 4.69) is 19.2 Å². The molecule has 3 heterocycles. The molecule has 2 aromatic rings. The van der Waals surface area contributed by atoms with Gasteiger partial charge in [0.15, 0.2) is 5.65 Å². The standard InChI is InChI=1S/C21H29F3N4/c1-3-17-13(2)26-19-11-18(14-6-8-16(9-7-14)21(22,23)24)27-28(19)20(17)15-5-4-10-25-12-15/h11,14-16,25H,3-10,12H2,1-2H3/t14-,15-,16-/m1/s1. The molecule has 2 fully saturated rings. The Hall–Kier alpha value is -1.63. The lowest BCUT2D eigenvalue weighted by Gasteiger charge is -2.29. The molecular formula is C21H29F3N4. The van der Waals surface area contributed by atoms with E-state index in [4.69, 9.17) is 10.1 Å². The number of fused-ring (bicyclic) bond motifs is 1. The van der Waals surface area contributed by atoms with E-state index in [1.54, 1.807) is 0 Å². The molecule has 4 nitrogen and oxygen atoms in total. The summed E-state index contributed by atoms with van der Waals surface area (Å²) in [5.74, 6) is -0.652. The third kappa shape index (κ3) is 3.65. The van der Waals surface area contributed by atoms with Gasteiger partial charge in [-0.2, -0.15) is 18.3 Å². The lowest BCUT2D eigenvalue weighted by molar-refractivity contribution is -0.182. The number of aryl methyl sites for hydroxylation is 1. The summed E-state index contributed by atoms with van der Waals surface area (Å²) in [4.78, 5) is 4.77. The number of halogens is 3. The average molecular weight is 394 g/mol. The van der Waals surface area contributed by atoms with E-state index in [1.807, 2.05) is 10.6 Å². The van der Waals surface area contributed by atoms with Crippen LogP contribution in [0, 0.1) is 12.8 Å². The zero-order valence-corrected chi connectivity index (χ0v) is 16.6. The van der Waals surface area contributed by atoms with Crippen LogP contribution in [0.1, 0.15) is 79.9 Å². The smallest absolute Gasteiger partial charge is 0.316 e. The Morgan fingerprint density at radius 3 is 2.50 bits per heavy atom. The molecule has 2 aromatic heterocycles. The van der Waals surface area contributed by atoms with Gasteiger partial charge in [-0.3, -0.25) is 0 Å². The molecule has 28 heavy (non-hydrogen) atoms. The molecule has 154 valence electrons. The fraction of sp³-hybridized carbons (Fsp3) is 0.714. The Labute approximate surface area is 163 Å². The van der Waals surface area contributed by atoms with Crippen molar-refractivity contribution >= 4 is 5.65 Å². The number of aromatic nitrogens is 3. The molecule has 0 bridgehead atoms. The lowest BCUT2D eigenvalue weighted by Crippen LogP contribution is -2.30. The second-order valence-electron chi connectivity index (χ2n) is 8.39. The third-order valence-corrected chi connectivity index (χ3v) is 6.61. The van der Waals surface area contributed by atoms with Crippen LogP contribution in [0.5, 0.6) is 0 Å². The first-order valence-corrected chi connectivity index (χ1v) is 10.5. The van der Waals surface area contributed by atoms with Gasteiger partial charge < -0.3 is 5.32 Å². The maximum absolute atomic E-state index is 13.0. The summed E-state index contributed by atoms with van der Waals surface area (Å²) in [6.45, 7) is 6.20. The van der Waals surface area contributed by atoms with Crippen LogP contribution in [-0.4, -0.2) is 33.9 Å². The minimum absolute atomic E-state index is 0.100. The quantitative estimate of drug-likeness (QED) is 0.805. The maximum atomic E-state index is 13.0. The van der Waals surface area contributed by atoms with Gasteiger partial charge in [-0.25, -0.2) is 9.50 Å². The molecule has 1 aliphatic heterocycles. The number of hydrogen-bond acceptors (Lipinski definition) is 3. The molecule has 1 saturated heterocycles. The van der Waals surface area contributed by atoms with Gasteiger partial charge in [0.1, 0.15) is 0 Å². The molecule has 7 heteroatoms. The van der Waals surface area contributed by atoms with Gasteiger partial charge in [-0.1, -0.05) is 6.92 Å². The first kappa shape index (κ1) is 19.7. The largest absolute Gasteiger partial charge is 0.391 e. The Balaban J connectivity index is 1.67. The van der Waals surface area contributed by atoms with Crippen molar-refractivity contribution in [2.75, 3.05) is 13.1 Å². The molecule has 1 N–H and O–H groups in total. The molecular weight excluding hydrogens is 365 g/mol. The minimum Gasteiger partial charge on any atom is -0.316 e. The molecule has 0 unspecified atom stereocenters. The fourth-order valence-electron chi connectivity index (χ4n) is 5.06. The zero-order chi connectivity index (χ0) is 19.9. The summed E-state index contributed by atoms with van der Waals surface area (Å²) in [5, 5.41) is 8.38. The summed E-state index contributed by atoms with van der Waals surface area (Å²) >= 11 is 0. The molecule has 0 amide bonds. The van der Waals surface area contributed by atoms with Crippen LogP contribution in [0.4, 0.5) is 13.2 Å². The number of piperidine rings is 1. The molecule has 1 atom stereocenters. The predicted molar refractivity (Wildman–Crippen MR) is 103 cm³/mol. The lowest BCUT2D eigenvalue weighted by atomic mass is 9.80. The number of nitrogens with zero attached hydrogens (tertiary/aromatic N) is 3. The van der Waals surface area contributed by atoms with E-state index in [1.165, 1.54) is 11.3 Å². The van der Waals surface area contributed by atoms with Crippen molar-refractivity contribution in [2.45, 2.75) is 76.8 Å². The van der Waals surface area contributed by atoms with Crippen molar-refractivity contribution in [3.05, 3.63) is 28.7 Å². The van der Waals surface area contributed by atoms with E-state index in [-0.39, 0.29) is 18.8 Å². The van der Waals surface area contributed by atoms with Gasteiger partial charge in [-0.05, 0) is 64.0 Å². The van der Waals surface area contributed by atoms with Crippen molar-refractivity contribution in [3.63, 3.8) is 0 Å². The van der Waals surface area contributed by atoms with Crippen molar-refractivity contribution in [1.82, 2.24) is 19.9 Å². The van der Waals surface area contributed by atoms with E-state index in [0.717, 1.165) is 49.4 Å². The van der Waals surface area contributed by atoms with Crippen molar-refractivity contribution in [2.24, 2.45) is 5.92 Å². The number of rotatable bonds is 3. The molecule has 2 aliphatic rings. The normalized spacial score (nSPS) is 26.7. The highest BCUT2D eigenvalue weighted by Crippen LogP contribution is 2.43. The van der Waals surface area contributed by atoms with Gasteiger partial charge >= 0.3 is 6.18 Å². The molecule has 0 spiro atoms. The highest BCUT2D eigenvalue weighted by Gasteiger charge is 2.42. The fourth-order valence-corrected chi connectivity index (χ4v) is 5.06. The van der Waals surface area contributed by atoms with Crippen LogP contribution in [0.2, 0.25) is 0 Å². The zero-order valence-electron chi connectivity index (χ0n) is 16.6. The number of nitrogens with one attached hydrogen (secondary N) is 1. The SMILES string of the molecule is CCc1c(C)nc2cc([C@H]3CC[C@H](C(F)(F)F)CC3)nn2c1[C@@H]1CCCNC1. The monoisotopic (exact) mass is 394 g/mol. The van der Waals surface area contributed by atoms with Crippen LogP contribution in [-0.2, 0) is 6.42 Å². The summed E-state index contributed by atoms with van der Waals surface area (Å²) in [5.41, 5.74) is 5.29. The topological polar surface area (TPSA) is 42.2 Å². The molecule has 1 saturated carbocycles. The van der Waals surface area contributed by atoms with E-state index in [9.17, 15) is 13.2 Å². The van der Waals surface area contributed by atoms with E-state index < -0.39 is 12.1 Å². The highest BCUT2D eigenvalue weighted by molar-refractivity contribution is 5.46. The van der Waals surface area contributed by atoms with E-state index in [0.29, 0.717) is 18.8 Å². The van der Waals surface area contributed by atoms with Crippen molar-refractivity contribution in [3.8, 4) is 0 Å². The minimum atomic E-state index is -4.07. The maximum Gasteiger partial charge on any atom is 0.391 e. The first-order valence-electron chi connectivity index (χ1n) is 10.5. The molecule has 4 rings (SSSR count). The van der Waals surface area contributed by atoms with Crippen molar-refractivity contribution in [1.29, 1.82) is 0 Å². The van der Waals surface area contributed by atoms with Gasteiger partial charge in [-0.15, -0.1) is 0 Å². The third-order valence-electron chi connectivity index (χ3n) is 6.61. The Morgan fingerprint density at radius 2 is 1.89 bits per heavy atom. The Morgan fingerprint density at radius 1 is 1.14 bits per heavy atom. The van der Waals surface area contributed by atoms with Gasteiger partial charge in [0, 0.05) is 30.1 Å². The summed E-state index contributed by atoms with van der Waals surface area (Å²) in [7, 11) is 0. The average Bonchev–Trinajstić information content (AvgIpc) is 3.10. The first-order chi connectivity index (χ1) is 13.4. The highest BCUT2D eigenvalue weighted by atomic mass is 19.4. The van der Waals surface area contributed by atoms with Gasteiger partial charge in [0.05, 0.1) is 17.3 Å². The van der Waals surface area contributed by atoms with Crippen molar-refractivity contribution < 1.29 is 13.2 Å². The summed E-state index contributed by atoms with van der Waals surface area (Å²) in [6, 6.07) is 2.00. The van der Waals surface area contributed by atoms with Crippen LogP contribution in [0.3, 0.4) is 0 Å². The molecule has 0 aromatic carbocycles. The van der Waals surface area contributed by atoms with E-state index >= 15 is 0 Å². The van der Waals surface area contributed by atoms with Gasteiger partial charge in [0.2, 0.25) is 0 Å². The summed E-state index contributed by atoms with van der Waals surface area (Å²) in [6.07, 6.45) is 0.618. The number of alkyl halides is 3. The molecule has 0 radical (unpaired) electrons. The summed E-state index contributed by atoms with van der Waals surface area (Å²) < 4.78 is 41.0. The predicted octanol–water partition coefficient (Wildman–Crippen LogP) is 4.90. The van der Waals surface area contributed by atoms with Crippen LogP contribution < -0.4 is 5.32 Å². The second kappa shape index (κ2) is 7.65. The second-order valence-corrected chi connectivity index (χ2v) is 8.39. The Kier molecular flexibility index (Phi) is 5.38. The van der Waals surface area contributed by atoms with Crippen LogP contribution >= 0.6 is 0 Å². The molecule has 1 aliphatic carbocycles. The Bertz CT molecular complexity index is 828. The number of hydrogen-bond donors (Lipinski definition) is 1. The van der Waals surface area contributed by atoms with Crippen LogP contribution in [0.25, 0.3) is 5.65 Å². The van der Waals surface area contributed by atoms with Crippen LogP contribution in [0.15, 0.2) is 6.07 Å².